The third-order valence-corrected chi connectivity index (χ3v) is 12.6. The Bertz CT molecular complexity index is 949. The first-order chi connectivity index (χ1) is 16.9. The molecule has 6 heteroatoms. The second kappa shape index (κ2) is 14.5. The van der Waals surface area contributed by atoms with Gasteiger partial charge in [-0.1, -0.05) is 0 Å². The third-order valence-electron chi connectivity index (χ3n) is 6.03. The van der Waals surface area contributed by atoms with Gasteiger partial charge >= 0.3 is 229 Å². The van der Waals surface area contributed by atoms with Crippen molar-refractivity contribution in [1.29, 1.82) is 0 Å². The monoisotopic (exact) mass is 619 g/mol. The van der Waals surface area contributed by atoms with Crippen LogP contribution in [0.1, 0.15) is 47.1 Å². The van der Waals surface area contributed by atoms with Crippen LogP contribution >= 0.6 is 11.8 Å². The minimum absolute atomic E-state index is 0.00314. The molecule has 36 heavy (non-hydrogen) atoms. The van der Waals surface area contributed by atoms with E-state index in [1.807, 2.05) is 68.6 Å². The summed E-state index contributed by atoms with van der Waals surface area (Å²) in [5.41, 5.74) is 1.17. The average Bonchev–Trinajstić information content (AvgIpc) is 2.80. The maximum absolute atomic E-state index is 13.2. The van der Waals surface area contributed by atoms with Gasteiger partial charge in [0, 0.05) is 0 Å². The summed E-state index contributed by atoms with van der Waals surface area (Å²) in [6, 6.07) is 20.9. The summed E-state index contributed by atoms with van der Waals surface area (Å²) in [6.07, 6.45) is 1.97. The number of allylic oxidation sites excluding steroid dienone is 1. The Kier molecular flexibility index (Phi) is 12.4. The molecule has 0 spiro atoms. The van der Waals surface area contributed by atoms with Crippen LogP contribution in [0.3, 0.4) is 0 Å². The van der Waals surface area contributed by atoms with Gasteiger partial charge in [0.05, 0.1) is 0 Å². The Hall–Kier alpha value is -1.44. The van der Waals surface area contributed by atoms with Gasteiger partial charge in [-0.3, -0.25) is 0 Å². The van der Waals surface area contributed by atoms with Crippen molar-refractivity contribution in [3.8, 4) is 0 Å². The molecular formula is C30H45NO3SSn. The number of hydrogen-bond donors (Lipinski definition) is 0. The summed E-state index contributed by atoms with van der Waals surface area (Å²) < 4.78 is 13.5. The first-order valence-corrected chi connectivity index (χ1v) is 23.9. The Balaban J connectivity index is 2.31. The van der Waals surface area contributed by atoms with E-state index in [1.165, 1.54) is 10.5 Å². The molecule has 3 atom stereocenters. The molecular weight excluding hydrogens is 573 g/mol. The van der Waals surface area contributed by atoms with Crippen molar-refractivity contribution in [2.24, 2.45) is 5.92 Å². The summed E-state index contributed by atoms with van der Waals surface area (Å²) in [7, 11) is 0. The van der Waals surface area contributed by atoms with E-state index in [9.17, 15) is 4.79 Å². The fraction of sp³-hybridized carbons (Fsp3) is 0.500. The number of nitrogens with zero attached hydrogens (tertiary/aromatic N) is 1. The first-order valence-electron chi connectivity index (χ1n) is 13.0. The Morgan fingerprint density at radius 3 is 1.92 bits per heavy atom. The molecule has 0 saturated heterocycles. The zero-order valence-corrected chi connectivity index (χ0v) is 27.2. The number of amides is 1. The number of benzene rings is 2. The van der Waals surface area contributed by atoms with Crippen LogP contribution in [0.15, 0.2) is 75.4 Å². The van der Waals surface area contributed by atoms with Crippen LogP contribution in [-0.2, 0) is 16.1 Å². The number of thioether (sulfide) groups is 1. The number of ether oxygens (including phenoxy) is 2. The molecule has 0 saturated carbocycles. The standard InChI is InChI=1S/C27H36NO3S.3CH3.Sn/c1-20(2)28(21(3)4)27(29)30-18-17-22(5)26(32-25-15-11-8-12-16-25)23(6)31-19-24-13-9-7-10-14-24;;;;/h7-17,20-23,26H,19H2,1-6H3;3*1H3;/t22-,23-,26+;;;;/m0..../s1. The number of carbonyl (C=O) groups is 1. The molecule has 2 rings (SSSR count). The van der Waals surface area contributed by atoms with Gasteiger partial charge < -0.3 is 0 Å². The van der Waals surface area contributed by atoms with Crippen molar-refractivity contribution < 1.29 is 14.3 Å². The molecule has 0 bridgehead atoms. The van der Waals surface area contributed by atoms with E-state index in [-0.39, 0.29) is 35.4 Å². The van der Waals surface area contributed by atoms with Crippen LogP contribution in [-0.4, -0.2) is 52.8 Å². The molecule has 2 aromatic rings. The van der Waals surface area contributed by atoms with E-state index in [4.69, 9.17) is 9.47 Å². The molecule has 0 unspecified atom stereocenters. The Morgan fingerprint density at radius 1 is 0.889 bits per heavy atom. The van der Waals surface area contributed by atoms with Gasteiger partial charge in [-0.15, -0.1) is 0 Å². The first kappa shape index (κ1) is 30.8. The van der Waals surface area contributed by atoms with Crippen LogP contribution in [0.5, 0.6) is 0 Å². The summed E-state index contributed by atoms with van der Waals surface area (Å²) in [5.74, 6) is 0.145. The van der Waals surface area contributed by atoms with Crippen molar-refractivity contribution in [1.82, 2.24) is 4.90 Å². The molecule has 0 fully saturated rings. The molecule has 0 aromatic heterocycles. The van der Waals surface area contributed by atoms with Crippen molar-refractivity contribution in [3.63, 3.8) is 0 Å². The van der Waals surface area contributed by atoms with Crippen LogP contribution < -0.4 is 0 Å². The fourth-order valence-electron chi connectivity index (χ4n) is 4.12. The fourth-order valence-corrected chi connectivity index (χ4v) is 8.61. The van der Waals surface area contributed by atoms with E-state index in [2.05, 4.69) is 71.1 Å². The molecule has 198 valence electrons. The normalized spacial score (nSPS) is 15.0. The predicted octanol–water partition coefficient (Wildman–Crippen LogP) is 8.41. The number of rotatable bonds is 12. The van der Waals surface area contributed by atoms with E-state index >= 15 is 0 Å². The predicted molar refractivity (Wildman–Crippen MR) is 156 cm³/mol. The summed E-state index contributed by atoms with van der Waals surface area (Å²) in [4.78, 5) is 23.1. The molecule has 0 heterocycles. The van der Waals surface area contributed by atoms with Crippen molar-refractivity contribution in [2.45, 2.75) is 91.3 Å². The molecule has 4 nitrogen and oxygen atoms in total. The zero-order chi connectivity index (χ0) is 26.9. The van der Waals surface area contributed by atoms with Crippen molar-refractivity contribution in [2.75, 3.05) is 0 Å². The van der Waals surface area contributed by atoms with Crippen LogP contribution in [0, 0.1) is 5.92 Å². The number of carbonyl (C=O) groups excluding carboxylic acids is 1. The van der Waals surface area contributed by atoms with Gasteiger partial charge in [0.25, 0.3) is 0 Å². The van der Waals surface area contributed by atoms with Crippen molar-refractivity contribution in [3.05, 3.63) is 76.1 Å². The van der Waals surface area contributed by atoms with Gasteiger partial charge in [0.2, 0.25) is 0 Å². The van der Waals surface area contributed by atoms with Crippen molar-refractivity contribution >= 4 is 36.2 Å². The van der Waals surface area contributed by atoms with E-state index in [0.717, 1.165) is 3.78 Å². The maximum atomic E-state index is 13.2. The topological polar surface area (TPSA) is 38.8 Å². The number of hydrogen-bond acceptors (Lipinski definition) is 4. The SMILES string of the molecule is CC(C)N(C(=O)O/[C](=C\[C@H](C)[C@@H](Sc1ccccc1)[C@H](C)OCc1ccccc1)[Sn]([CH3])([CH3])[CH3])C(C)C. The van der Waals surface area contributed by atoms with Gasteiger partial charge in [0.15, 0.2) is 0 Å². The van der Waals surface area contributed by atoms with Crippen LogP contribution in [0.2, 0.25) is 14.8 Å². The second-order valence-electron chi connectivity index (χ2n) is 11.0. The Labute approximate surface area is 227 Å². The average molecular weight is 618 g/mol. The Morgan fingerprint density at radius 2 is 1.42 bits per heavy atom. The third kappa shape index (κ3) is 9.79. The van der Waals surface area contributed by atoms with E-state index in [0.29, 0.717) is 6.61 Å². The van der Waals surface area contributed by atoms with Crippen LogP contribution in [0.4, 0.5) is 4.79 Å². The molecule has 1 amide bonds. The zero-order valence-electron chi connectivity index (χ0n) is 23.5. The molecule has 0 aliphatic rings. The van der Waals surface area contributed by atoms with E-state index < -0.39 is 18.4 Å². The van der Waals surface area contributed by atoms with Gasteiger partial charge in [-0.25, -0.2) is 0 Å². The summed E-state index contributed by atoms with van der Waals surface area (Å²) in [6.45, 7) is 13.1. The van der Waals surface area contributed by atoms with Gasteiger partial charge in [0.1, 0.15) is 0 Å². The summed E-state index contributed by atoms with van der Waals surface area (Å²) in [5, 5.41) is 0.157. The molecule has 0 radical (unpaired) electrons. The molecule has 2 aromatic carbocycles. The van der Waals surface area contributed by atoms with Gasteiger partial charge in [-0.2, -0.15) is 0 Å². The molecule has 0 N–H and O–H groups in total. The second-order valence-corrected chi connectivity index (χ2v) is 26.5. The summed E-state index contributed by atoms with van der Waals surface area (Å²) >= 11 is -0.924. The minimum atomic E-state index is -2.75. The molecule has 0 aliphatic carbocycles. The van der Waals surface area contributed by atoms with Gasteiger partial charge in [-0.05, 0) is 0 Å². The molecule has 0 aliphatic heterocycles. The quantitative estimate of drug-likeness (QED) is 0.136. The van der Waals surface area contributed by atoms with Crippen LogP contribution in [0.25, 0.3) is 0 Å². The van der Waals surface area contributed by atoms with E-state index in [1.54, 1.807) is 0 Å².